The van der Waals surface area contributed by atoms with Crippen LogP contribution < -0.4 is 0 Å². The third-order valence-corrected chi connectivity index (χ3v) is 1.78. The summed E-state index contributed by atoms with van der Waals surface area (Å²) in [5.74, 6) is 0.720. The van der Waals surface area contributed by atoms with Gasteiger partial charge in [-0.05, 0) is 36.5 Å². The fourth-order valence-corrected chi connectivity index (χ4v) is 1.15. The number of hydrogen-bond acceptors (Lipinski definition) is 1. The van der Waals surface area contributed by atoms with Gasteiger partial charge < -0.3 is 0 Å². The molecule has 11 heavy (non-hydrogen) atoms. The topological polar surface area (TPSA) is 12.9 Å². The molecule has 1 nitrogen and oxygen atoms in total. The molecule has 0 unspecified atom stereocenters. The monoisotopic (exact) mass is 149 g/mol. The molecule has 0 aliphatic heterocycles. The van der Waals surface area contributed by atoms with Gasteiger partial charge >= 0.3 is 0 Å². The smallest absolute Gasteiger partial charge is 0.0302 e. The number of nitrogens with zero attached hydrogens (tertiary/aromatic N) is 1. The third-order valence-electron chi connectivity index (χ3n) is 1.78. The predicted molar refractivity (Wildman–Crippen MR) is 47.5 cm³/mol. The number of rotatable bonds is 2. The van der Waals surface area contributed by atoms with E-state index < -0.39 is 0 Å². The highest BCUT2D eigenvalue weighted by Crippen LogP contribution is 2.10. The van der Waals surface area contributed by atoms with Crippen LogP contribution in [0.2, 0.25) is 0 Å². The number of aromatic nitrogens is 1. The summed E-state index contributed by atoms with van der Waals surface area (Å²) in [5, 5.41) is 0. The van der Waals surface area contributed by atoms with Crippen LogP contribution in [-0.2, 0) is 6.42 Å². The summed E-state index contributed by atoms with van der Waals surface area (Å²) in [7, 11) is 0. The summed E-state index contributed by atoms with van der Waals surface area (Å²) >= 11 is 0. The minimum absolute atomic E-state index is 0.720. The summed E-state index contributed by atoms with van der Waals surface area (Å²) in [6, 6.07) is 2.07. The van der Waals surface area contributed by atoms with Crippen LogP contribution in [0.4, 0.5) is 0 Å². The molecule has 0 aliphatic carbocycles. The van der Waals surface area contributed by atoms with Crippen molar-refractivity contribution in [1.82, 2.24) is 4.98 Å². The molecule has 0 bridgehead atoms. The van der Waals surface area contributed by atoms with Gasteiger partial charge in [-0.15, -0.1) is 0 Å². The molecule has 0 radical (unpaired) electrons. The van der Waals surface area contributed by atoms with Crippen LogP contribution in [0.1, 0.15) is 25.0 Å². The Morgan fingerprint density at radius 2 is 2.18 bits per heavy atom. The lowest BCUT2D eigenvalue weighted by atomic mass is 10.0. The first kappa shape index (κ1) is 8.25. The highest BCUT2D eigenvalue weighted by Gasteiger charge is 1.99. The van der Waals surface area contributed by atoms with E-state index in [0.717, 1.165) is 12.3 Å². The van der Waals surface area contributed by atoms with E-state index in [2.05, 4.69) is 31.8 Å². The van der Waals surface area contributed by atoms with Crippen LogP contribution in [0.5, 0.6) is 0 Å². The van der Waals surface area contributed by atoms with Gasteiger partial charge in [0.2, 0.25) is 0 Å². The van der Waals surface area contributed by atoms with E-state index in [0.29, 0.717) is 0 Å². The van der Waals surface area contributed by atoms with Gasteiger partial charge in [0.05, 0.1) is 0 Å². The van der Waals surface area contributed by atoms with Crippen molar-refractivity contribution in [2.75, 3.05) is 0 Å². The molecule has 0 atom stereocenters. The predicted octanol–water partition coefficient (Wildman–Crippen LogP) is 2.59. The van der Waals surface area contributed by atoms with Crippen molar-refractivity contribution in [3.8, 4) is 0 Å². The lowest BCUT2D eigenvalue weighted by Crippen LogP contribution is -1.96. The van der Waals surface area contributed by atoms with Crippen LogP contribution in [0.3, 0.4) is 0 Å². The quantitative estimate of drug-likeness (QED) is 0.629. The molecule has 60 valence electrons. The minimum Gasteiger partial charge on any atom is -0.264 e. The normalized spacial score (nSPS) is 10.5. The van der Waals surface area contributed by atoms with Crippen LogP contribution in [0.15, 0.2) is 18.5 Å². The van der Waals surface area contributed by atoms with Gasteiger partial charge in [-0.2, -0.15) is 0 Å². The lowest BCUT2D eigenvalue weighted by molar-refractivity contribution is 0.643. The van der Waals surface area contributed by atoms with Crippen LogP contribution in [0, 0.1) is 12.8 Å². The van der Waals surface area contributed by atoms with Crippen LogP contribution in [0.25, 0.3) is 0 Å². The third kappa shape index (κ3) is 2.34. The first-order valence-corrected chi connectivity index (χ1v) is 4.09. The molecule has 0 spiro atoms. The second-order valence-corrected chi connectivity index (χ2v) is 3.40. The minimum atomic E-state index is 0.720. The number of hydrogen-bond donors (Lipinski definition) is 0. The van der Waals surface area contributed by atoms with Crippen LogP contribution >= 0.6 is 0 Å². The first-order chi connectivity index (χ1) is 5.20. The zero-order chi connectivity index (χ0) is 8.27. The maximum Gasteiger partial charge on any atom is 0.0302 e. The standard InChI is InChI=1S/C10H15N/c1-8(2)6-10-7-11-5-4-9(10)3/h4-5,7-8H,6H2,1-3H3. The molecule has 0 N–H and O–H groups in total. The largest absolute Gasteiger partial charge is 0.264 e. The fourth-order valence-electron chi connectivity index (χ4n) is 1.15. The number of pyridine rings is 1. The Labute approximate surface area is 68.5 Å². The SMILES string of the molecule is Cc1ccncc1CC(C)C. The molecule has 0 fully saturated rings. The summed E-state index contributed by atoms with van der Waals surface area (Å²) < 4.78 is 0. The maximum absolute atomic E-state index is 4.10. The van der Waals surface area contributed by atoms with E-state index in [1.165, 1.54) is 11.1 Å². The summed E-state index contributed by atoms with van der Waals surface area (Å²) in [6.45, 7) is 6.60. The Balaban J connectivity index is 2.78. The average Bonchev–Trinajstić information content (AvgIpc) is 1.93. The molecule has 0 saturated heterocycles. The zero-order valence-electron chi connectivity index (χ0n) is 7.46. The molecular weight excluding hydrogens is 134 g/mol. The Hall–Kier alpha value is -0.850. The second-order valence-electron chi connectivity index (χ2n) is 3.40. The second kappa shape index (κ2) is 3.51. The highest BCUT2D eigenvalue weighted by atomic mass is 14.6. The molecule has 1 heteroatoms. The molecule has 0 aliphatic rings. The van der Waals surface area contributed by atoms with Gasteiger partial charge in [0, 0.05) is 12.4 Å². The van der Waals surface area contributed by atoms with E-state index in [-0.39, 0.29) is 0 Å². The van der Waals surface area contributed by atoms with Crippen molar-refractivity contribution < 1.29 is 0 Å². The Bertz CT molecular complexity index is 228. The van der Waals surface area contributed by atoms with Gasteiger partial charge in [0.15, 0.2) is 0 Å². The van der Waals surface area contributed by atoms with Crippen molar-refractivity contribution in [2.24, 2.45) is 5.92 Å². The van der Waals surface area contributed by atoms with Gasteiger partial charge in [-0.25, -0.2) is 0 Å². The van der Waals surface area contributed by atoms with Crippen molar-refractivity contribution in [3.63, 3.8) is 0 Å². The van der Waals surface area contributed by atoms with E-state index >= 15 is 0 Å². The maximum atomic E-state index is 4.10. The Morgan fingerprint density at radius 1 is 1.45 bits per heavy atom. The number of aryl methyl sites for hydroxylation is 1. The van der Waals surface area contributed by atoms with Crippen molar-refractivity contribution in [3.05, 3.63) is 29.6 Å². The Morgan fingerprint density at radius 3 is 2.73 bits per heavy atom. The molecule has 1 rings (SSSR count). The van der Waals surface area contributed by atoms with Gasteiger partial charge in [0.1, 0.15) is 0 Å². The zero-order valence-corrected chi connectivity index (χ0v) is 7.46. The fraction of sp³-hybridized carbons (Fsp3) is 0.500. The summed E-state index contributed by atoms with van der Waals surface area (Å²) in [6.07, 6.45) is 4.95. The van der Waals surface area contributed by atoms with E-state index in [9.17, 15) is 0 Å². The summed E-state index contributed by atoms with van der Waals surface area (Å²) in [4.78, 5) is 4.10. The van der Waals surface area contributed by atoms with Gasteiger partial charge in [-0.1, -0.05) is 13.8 Å². The van der Waals surface area contributed by atoms with E-state index in [4.69, 9.17) is 0 Å². The highest BCUT2D eigenvalue weighted by molar-refractivity contribution is 5.21. The van der Waals surface area contributed by atoms with Crippen molar-refractivity contribution in [1.29, 1.82) is 0 Å². The van der Waals surface area contributed by atoms with Gasteiger partial charge in [-0.3, -0.25) is 4.98 Å². The summed E-state index contributed by atoms with van der Waals surface area (Å²) in [5.41, 5.74) is 2.73. The van der Waals surface area contributed by atoms with E-state index in [1.807, 2.05) is 12.4 Å². The van der Waals surface area contributed by atoms with Crippen molar-refractivity contribution in [2.45, 2.75) is 27.2 Å². The van der Waals surface area contributed by atoms with Crippen molar-refractivity contribution >= 4 is 0 Å². The molecule has 1 heterocycles. The molecule has 0 amide bonds. The van der Waals surface area contributed by atoms with Gasteiger partial charge in [0.25, 0.3) is 0 Å². The van der Waals surface area contributed by atoms with E-state index in [1.54, 1.807) is 0 Å². The lowest BCUT2D eigenvalue weighted by Gasteiger charge is -2.06. The molecular formula is C10H15N. The molecule has 0 aromatic carbocycles. The Kier molecular flexibility index (Phi) is 2.64. The van der Waals surface area contributed by atoms with Crippen LogP contribution in [-0.4, -0.2) is 4.98 Å². The average molecular weight is 149 g/mol. The first-order valence-electron chi connectivity index (χ1n) is 4.09. The molecule has 1 aromatic rings. The molecule has 1 aromatic heterocycles. The molecule has 0 saturated carbocycles.